The Morgan fingerprint density at radius 1 is 0.610 bits per heavy atom. The molecule has 0 aromatic heterocycles. The van der Waals surface area contributed by atoms with Crippen molar-refractivity contribution >= 4 is 45.0 Å². The van der Waals surface area contributed by atoms with E-state index >= 15 is 0 Å². The molecule has 234 valence electrons. The van der Waals surface area contributed by atoms with E-state index < -0.39 is 23.9 Å². The van der Waals surface area contributed by atoms with Crippen LogP contribution in [0.4, 0.5) is 0 Å². The molecular weight excluding hydrogens is 631 g/mol. The van der Waals surface area contributed by atoms with Crippen molar-refractivity contribution in [1.29, 1.82) is 0 Å². The van der Waals surface area contributed by atoms with Crippen LogP contribution in [0.2, 0.25) is 6.86 Å². The van der Waals surface area contributed by atoms with Crippen LogP contribution in [0.25, 0.3) is 0 Å². The van der Waals surface area contributed by atoms with Crippen LogP contribution in [0.3, 0.4) is 0 Å². The minimum absolute atomic E-state index is 0.178. The van der Waals surface area contributed by atoms with Crippen molar-refractivity contribution in [1.82, 2.24) is 0 Å². The first-order valence-corrected chi connectivity index (χ1v) is 17.6. The predicted octanol–water partition coefficient (Wildman–Crippen LogP) is 3.17. The third-order valence-corrected chi connectivity index (χ3v) is 10.2. The first kappa shape index (κ1) is 43.6. The van der Waals surface area contributed by atoms with E-state index in [1.807, 2.05) is 13.8 Å². The van der Waals surface area contributed by atoms with E-state index in [0.717, 1.165) is 51.4 Å². The maximum atomic E-state index is 10.7. The van der Waals surface area contributed by atoms with E-state index in [9.17, 15) is 39.6 Å². The van der Waals surface area contributed by atoms with Crippen LogP contribution in [0.15, 0.2) is 23.3 Å². The van der Waals surface area contributed by atoms with Gasteiger partial charge < -0.3 is 39.6 Å². The second kappa shape index (κ2) is 23.7. The summed E-state index contributed by atoms with van der Waals surface area (Å²) in [6, 6.07) is 0. The molecule has 0 rings (SSSR count). The molecule has 0 saturated carbocycles. The van der Waals surface area contributed by atoms with Gasteiger partial charge in [-0.2, -0.15) is 0 Å². The van der Waals surface area contributed by atoms with Crippen LogP contribution in [-0.4, -0.2) is 45.0 Å². The molecule has 0 spiro atoms. The summed E-state index contributed by atoms with van der Waals surface area (Å²) < 4.78 is 1.31. The topological polar surface area (TPSA) is 161 Å². The fourth-order valence-electron chi connectivity index (χ4n) is 4.32. The van der Waals surface area contributed by atoms with Gasteiger partial charge in [0.15, 0.2) is 0 Å². The van der Waals surface area contributed by atoms with Crippen molar-refractivity contribution in [2.24, 2.45) is 11.8 Å². The van der Waals surface area contributed by atoms with Crippen LogP contribution in [0.5, 0.6) is 0 Å². The van der Waals surface area contributed by atoms with E-state index in [-0.39, 0.29) is 57.0 Å². The average molecular weight is 685 g/mol. The summed E-state index contributed by atoms with van der Waals surface area (Å²) in [4.78, 5) is 42.0. The summed E-state index contributed by atoms with van der Waals surface area (Å²) in [5.41, 5.74) is -0.356. The molecule has 2 atom stereocenters. The van der Waals surface area contributed by atoms with Gasteiger partial charge in [0.25, 0.3) is 0 Å². The van der Waals surface area contributed by atoms with Crippen molar-refractivity contribution in [2.75, 3.05) is 0 Å². The Kier molecular flexibility index (Phi) is 25.2. The quantitative estimate of drug-likeness (QED) is 0.177. The van der Waals surface area contributed by atoms with E-state index in [0.29, 0.717) is 19.0 Å². The van der Waals surface area contributed by atoms with Crippen LogP contribution in [0, 0.1) is 11.8 Å². The van der Waals surface area contributed by atoms with Crippen LogP contribution in [0.1, 0.15) is 133 Å². The van der Waals surface area contributed by atoms with Crippen LogP contribution in [-0.2, 0) is 19.2 Å². The van der Waals surface area contributed by atoms with Gasteiger partial charge in [0, 0.05) is 0 Å². The Hall–Kier alpha value is -1.84. The molecule has 0 bridgehead atoms. The first-order valence-electron chi connectivity index (χ1n) is 14.8. The molecule has 9 heteroatoms. The van der Waals surface area contributed by atoms with E-state index in [4.69, 9.17) is 0 Å². The van der Waals surface area contributed by atoms with E-state index in [2.05, 4.69) is 55.4 Å². The van der Waals surface area contributed by atoms with Crippen molar-refractivity contribution < 1.29 is 39.6 Å². The molecule has 0 aromatic carbocycles. The molecule has 41 heavy (non-hydrogen) atoms. The van der Waals surface area contributed by atoms with Gasteiger partial charge in [0.2, 0.25) is 0 Å². The van der Waals surface area contributed by atoms with Crippen molar-refractivity contribution in [3.63, 3.8) is 0 Å². The molecule has 2 unspecified atom stereocenters. The molecule has 0 heterocycles. The zero-order valence-corrected chi connectivity index (χ0v) is 30.0. The Morgan fingerprint density at radius 3 is 1.05 bits per heavy atom. The predicted molar refractivity (Wildman–Crippen MR) is 157 cm³/mol. The minimum atomic E-state index is -1.48. The van der Waals surface area contributed by atoms with Crippen LogP contribution >= 0.6 is 0 Å². The summed E-state index contributed by atoms with van der Waals surface area (Å²) in [6.07, 6.45) is 9.34. The number of hydrogen-bond donors (Lipinski definition) is 0. The van der Waals surface area contributed by atoms with Gasteiger partial charge in [-0.15, -0.1) is 0 Å². The number of carboxylic acid groups (broad SMARTS) is 4. The number of carbonyl (C=O) groups excluding carboxylic acids is 4. The van der Waals surface area contributed by atoms with Crippen molar-refractivity contribution in [3.05, 3.63) is 23.3 Å². The van der Waals surface area contributed by atoms with Gasteiger partial charge in [-0.05, 0) is 48.0 Å². The zero-order chi connectivity index (χ0) is 32.8. The second-order valence-electron chi connectivity index (χ2n) is 12.4. The molecule has 0 aliphatic heterocycles. The molecule has 0 amide bonds. The maximum absolute atomic E-state index is 10.7. The number of carbonyl (C=O) groups is 4. The standard InChI is InChI=1S/2C12H20O4.2C4H9.Sn/c2*1-3-5-6-9(4-2)7-10(12(15)16)8-11(13)14;2*1-4(2)3;/h2*8-9H,3-7H2,1-2H3,(H,13,14)(H,15,16);2*1-3H3;/q;;;;+4/p-4/b2*10-8-;;;. The van der Waals surface area contributed by atoms with Gasteiger partial charge in [0.05, 0.1) is 23.9 Å². The Labute approximate surface area is 259 Å². The zero-order valence-electron chi connectivity index (χ0n) is 27.1. The van der Waals surface area contributed by atoms with Crippen molar-refractivity contribution in [2.45, 2.75) is 140 Å². The van der Waals surface area contributed by atoms with Gasteiger partial charge >= 0.3 is 69.5 Å². The molecule has 0 saturated heterocycles. The molecule has 6 radical (unpaired) electrons. The Bertz CT molecular complexity index is 764. The third-order valence-electron chi connectivity index (χ3n) is 5.96. The summed E-state index contributed by atoms with van der Waals surface area (Å²) in [7, 11) is 0. The van der Waals surface area contributed by atoms with Gasteiger partial charge in [0.1, 0.15) is 0 Å². The molecule has 8 nitrogen and oxygen atoms in total. The molecule has 0 aromatic rings. The molecule has 0 aliphatic carbocycles. The Balaban J connectivity index is -0.000000551. The fourth-order valence-corrected chi connectivity index (χ4v) is 10.7. The van der Waals surface area contributed by atoms with E-state index in [1.165, 1.54) is 0 Å². The normalized spacial score (nSPS) is 13.6. The summed E-state index contributed by atoms with van der Waals surface area (Å²) in [5.74, 6) is -5.40. The molecule has 0 aliphatic rings. The summed E-state index contributed by atoms with van der Waals surface area (Å²) in [6.45, 7) is 22.2. The van der Waals surface area contributed by atoms with Gasteiger partial charge in [-0.1, -0.05) is 79.1 Å². The molecule has 0 fully saturated rings. The third kappa shape index (κ3) is 30.9. The monoisotopic (exact) mass is 686 g/mol. The SMILES string of the molecule is CCCCC(CC)C/C(=C/C(=O)[O-])C(=O)[O-].CCCCC(CC)C/C(=C/C(=O)[O-])C(=O)[O-].C[C](C)(C)[Sn+4][C](C)(C)C. The van der Waals surface area contributed by atoms with E-state index in [1.54, 1.807) is 0 Å². The van der Waals surface area contributed by atoms with Crippen molar-refractivity contribution in [3.8, 4) is 0 Å². The second-order valence-corrected chi connectivity index (χ2v) is 21.7. The summed E-state index contributed by atoms with van der Waals surface area (Å²) >= 11 is -0.182. The number of unbranched alkanes of at least 4 members (excludes halogenated alkanes) is 2. The first-order chi connectivity index (χ1) is 18.7. The number of aliphatic carboxylic acids is 4. The van der Waals surface area contributed by atoms with Crippen LogP contribution < -0.4 is 20.4 Å². The number of carboxylic acids is 4. The van der Waals surface area contributed by atoms with Gasteiger partial charge in [-0.3, -0.25) is 0 Å². The molecule has 0 N–H and O–H groups in total. The number of rotatable bonds is 16. The Morgan fingerprint density at radius 2 is 0.902 bits per heavy atom. The van der Waals surface area contributed by atoms with Gasteiger partial charge in [-0.25, -0.2) is 0 Å². The average Bonchev–Trinajstić information content (AvgIpc) is 2.80. The summed E-state index contributed by atoms with van der Waals surface area (Å²) in [5, 5.41) is 42.0. The number of hydrogen-bond acceptors (Lipinski definition) is 8. The molecular formula is C32H54O8Sn. The fraction of sp³-hybridized carbons (Fsp3) is 0.750.